The van der Waals surface area contributed by atoms with Crippen molar-refractivity contribution in [3.63, 3.8) is 0 Å². The number of benzene rings is 1. The number of carbonyl (C=O) groups excluding carboxylic acids is 1. The monoisotopic (exact) mass is 314 g/mol. The van der Waals surface area contributed by atoms with E-state index in [9.17, 15) is 9.59 Å². The fraction of sp³-hybridized carbons (Fsp3) is 0.333. The number of aromatic nitrogens is 1. The maximum Gasteiger partial charge on any atom is 0.265 e. The summed E-state index contributed by atoms with van der Waals surface area (Å²) in [5, 5.41) is 2.74. The van der Waals surface area contributed by atoms with Crippen LogP contribution in [0.25, 0.3) is 0 Å². The number of carbonyl (C=O) groups is 1. The predicted molar refractivity (Wildman–Crippen MR) is 90.9 cm³/mol. The molecule has 0 radical (unpaired) electrons. The molecule has 5 nitrogen and oxygen atoms in total. The first-order valence-corrected chi connectivity index (χ1v) is 7.61. The molecule has 0 unspecified atom stereocenters. The van der Waals surface area contributed by atoms with Crippen LogP contribution in [0.1, 0.15) is 32.3 Å². The van der Waals surface area contributed by atoms with Gasteiger partial charge in [-0.1, -0.05) is 26.0 Å². The van der Waals surface area contributed by atoms with Crippen LogP contribution in [0.15, 0.2) is 47.4 Å². The Balaban J connectivity index is 2.03. The topological polar surface area (TPSA) is 60.3 Å². The van der Waals surface area contributed by atoms with E-state index in [2.05, 4.69) is 19.2 Å². The van der Waals surface area contributed by atoms with Gasteiger partial charge in [0.2, 0.25) is 5.56 Å². The van der Waals surface area contributed by atoms with Gasteiger partial charge in [-0.3, -0.25) is 9.59 Å². The van der Waals surface area contributed by atoms with E-state index in [-0.39, 0.29) is 11.5 Å². The van der Waals surface area contributed by atoms with E-state index < -0.39 is 6.10 Å². The van der Waals surface area contributed by atoms with Crippen molar-refractivity contribution in [2.75, 3.05) is 5.32 Å². The molecule has 0 fully saturated rings. The molecule has 1 aromatic carbocycles. The number of rotatable bonds is 5. The lowest BCUT2D eigenvalue weighted by atomic mass is 10.0. The standard InChI is InChI=1S/C18H22N2O3/c1-12(2)14-6-5-7-16(10-14)23-13(3)18(22)19-15-8-9-17(21)20(4)11-15/h5-13H,1-4H3,(H,19,22)/t13-/m1/s1. The zero-order valence-electron chi connectivity index (χ0n) is 13.9. The minimum Gasteiger partial charge on any atom is -0.481 e. The second-order valence-corrected chi connectivity index (χ2v) is 5.84. The van der Waals surface area contributed by atoms with Crippen molar-refractivity contribution in [2.24, 2.45) is 7.05 Å². The van der Waals surface area contributed by atoms with Gasteiger partial charge < -0.3 is 14.6 Å². The first-order valence-electron chi connectivity index (χ1n) is 7.61. The summed E-state index contributed by atoms with van der Waals surface area (Å²) < 4.78 is 7.12. The quantitative estimate of drug-likeness (QED) is 0.923. The normalized spacial score (nSPS) is 12.0. The maximum atomic E-state index is 12.2. The van der Waals surface area contributed by atoms with Crippen LogP contribution in [0.3, 0.4) is 0 Å². The summed E-state index contributed by atoms with van der Waals surface area (Å²) in [5.74, 6) is 0.797. The highest BCUT2D eigenvalue weighted by Gasteiger charge is 2.15. The summed E-state index contributed by atoms with van der Waals surface area (Å²) in [5.41, 5.74) is 1.59. The molecule has 0 bridgehead atoms. The summed E-state index contributed by atoms with van der Waals surface area (Å²) >= 11 is 0. The molecule has 5 heteroatoms. The Bertz CT molecular complexity index is 750. The second kappa shape index (κ2) is 7.13. The number of aryl methyl sites for hydroxylation is 1. The molecule has 0 aliphatic rings. The SMILES string of the molecule is CC(C)c1cccc(O[C@H](C)C(=O)Nc2ccc(=O)n(C)c2)c1. The van der Waals surface area contributed by atoms with Gasteiger partial charge in [0.15, 0.2) is 6.10 Å². The van der Waals surface area contributed by atoms with E-state index in [0.717, 1.165) is 5.56 Å². The van der Waals surface area contributed by atoms with Crippen molar-refractivity contribution in [3.05, 3.63) is 58.5 Å². The zero-order chi connectivity index (χ0) is 17.0. The summed E-state index contributed by atoms with van der Waals surface area (Å²) in [4.78, 5) is 23.6. The first-order chi connectivity index (χ1) is 10.9. The largest absolute Gasteiger partial charge is 0.481 e. The van der Waals surface area contributed by atoms with Crippen LogP contribution in [0.5, 0.6) is 5.75 Å². The van der Waals surface area contributed by atoms with Gasteiger partial charge in [0, 0.05) is 19.3 Å². The molecular weight excluding hydrogens is 292 g/mol. The van der Waals surface area contributed by atoms with Gasteiger partial charge in [0.05, 0.1) is 5.69 Å². The average Bonchev–Trinajstić information content (AvgIpc) is 2.51. The molecule has 1 atom stereocenters. The van der Waals surface area contributed by atoms with Crippen LogP contribution in [-0.2, 0) is 11.8 Å². The number of hydrogen-bond donors (Lipinski definition) is 1. The molecule has 1 heterocycles. The van der Waals surface area contributed by atoms with Crippen molar-refractivity contribution in [1.29, 1.82) is 0 Å². The number of hydrogen-bond acceptors (Lipinski definition) is 3. The minimum absolute atomic E-state index is 0.127. The molecule has 0 saturated heterocycles. The van der Waals surface area contributed by atoms with Crippen LogP contribution < -0.4 is 15.6 Å². The van der Waals surface area contributed by atoms with Gasteiger partial charge in [-0.2, -0.15) is 0 Å². The number of anilines is 1. The van der Waals surface area contributed by atoms with Gasteiger partial charge in [0.1, 0.15) is 5.75 Å². The van der Waals surface area contributed by atoms with Gasteiger partial charge in [-0.25, -0.2) is 0 Å². The lowest BCUT2D eigenvalue weighted by Crippen LogP contribution is -2.30. The van der Waals surface area contributed by atoms with Crippen LogP contribution in [0, 0.1) is 0 Å². The molecule has 0 saturated carbocycles. The number of nitrogens with zero attached hydrogens (tertiary/aromatic N) is 1. The van der Waals surface area contributed by atoms with E-state index >= 15 is 0 Å². The number of amides is 1. The van der Waals surface area contributed by atoms with Crippen molar-refractivity contribution in [1.82, 2.24) is 4.57 Å². The third-order valence-corrected chi connectivity index (χ3v) is 3.56. The second-order valence-electron chi connectivity index (χ2n) is 5.84. The number of nitrogens with one attached hydrogen (secondary N) is 1. The molecule has 0 aliphatic heterocycles. The summed E-state index contributed by atoms with van der Waals surface area (Å²) in [6.07, 6.45) is 0.932. The van der Waals surface area contributed by atoms with Gasteiger partial charge in [0.25, 0.3) is 5.91 Å². The van der Waals surface area contributed by atoms with E-state index in [4.69, 9.17) is 4.74 Å². The van der Waals surface area contributed by atoms with E-state index in [1.165, 1.54) is 10.6 Å². The number of ether oxygens (including phenoxy) is 1. The molecule has 122 valence electrons. The highest BCUT2D eigenvalue weighted by molar-refractivity contribution is 5.93. The zero-order valence-corrected chi connectivity index (χ0v) is 13.9. The Kier molecular flexibility index (Phi) is 5.21. The molecular formula is C18H22N2O3. The van der Waals surface area contributed by atoms with Crippen molar-refractivity contribution < 1.29 is 9.53 Å². The number of pyridine rings is 1. The Morgan fingerprint density at radius 1 is 1.17 bits per heavy atom. The van der Waals surface area contributed by atoms with E-state index in [0.29, 0.717) is 17.4 Å². The Morgan fingerprint density at radius 3 is 2.57 bits per heavy atom. The molecule has 1 N–H and O–H groups in total. The van der Waals surface area contributed by atoms with Crippen LogP contribution in [0.4, 0.5) is 5.69 Å². The first kappa shape index (κ1) is 16.8. The molecule has 1 amide bonds. The lowest BCUT2D eigenvalue weighted by Gasteiger charge is -2.16. The third kappa shape index (κ3) is 4.45. The predicted octanol–water partition coefficient (Wildman–Crippen LogP) is 2.91. The minimum atomic E-state index is -0.644. The Morgan fingerprint density at radius 2 is 1.91 bits per heavy atom. The summed E-state index contributed by atoms with van der Waals surface area (Å²) in [7, 11) is 1.63. The maximum absolute atomic E-state index is 12.2. The van der Waals surface area contributed by atoms with Crippen molar-refractivity contribution in [3.8, 4) is 5.75 Å². The highest BCUT2D eigenvalue weighted by Crippen LogP contribution is 2.21. The smallest absolute Gasteiger partial charge is 0.265 e. The fourth-order valence-electron chi connectivity index (χ4n) is 2.12. The van der Waals surface area contributed by atoms with Crippen molar-refractivity contribution >= 4 is 11.6 Å². The van der Waals surface area contributed by atoms with Gasteiger partial charge in [-0.15, -0.1) is 0 Å². The fourth-order valence-corrected chi connectivity index (χ4v) is 2.12. The highest BCUT2D eigenvalue weighted by atomic mass is 16.5. The molecule has 2 aromatic rings. The summed E-state index contributed by atoms with van der Waals surface area (Å²) in [6.45, 7) is 5.91. The molecule has 0 aliphatic carbocycles. The average molecular weight is 314 g/mol. The molecule has 23 heavy (non-hydrogen) atoms. The van der Waals surface area contributed by atoms with Gasteiger partial charge >= 0.3 is 0 Å². The Hall–Kier alpha value is -2.56. The third-order valence-electron chi connectivity index (χ3n) is 3.56. The molecule has 0 spiro atoms. The summed E-state index contributed by atoms with van der Waals surface area (Å²) in [6, 6.07) is 10.7. The Labute approximate surface area is 135 Å². The van der Waals surface area contributed by atoms with E-state index in [1.54, 1.807) is 26.2 Å². The van der Waals surface area contributed by atoms with Crippen LogP contribution in [-0.4, -0.2) is 16.6 Å². The molecule has 2 rings (SSSR count). The van der Waals surface area contributed by atoms with Gasteiger partial charge in [-0.05, 0) is 36.6 Å². The van der Waals surface area contributed by atoms with Crippen LogP contribution >= 0.6 is 0 Å². The lowest BCUT2D eigenvalue weighted by molar-refractivity contribution is -0.122. The van der Waals surface area contributed by atoms with Crippen molar-refractivity contribution in [2.45, 2.75) is 32.8 Å². The van der Waals surface area contributed by atoms with E-state index in [1.807, 2.05) is 24.3 Å². The van der Waals surface area contributed by atoms with Crippen LogP contribution in [0.2, 0.25) is 0 Å². The molecule has 1 aromatic heterocycles.